The predicted octanol–water partition coefficient (Wildman–Crippen LogP) is 4.47. The van der Waals surface area contributed by atoms with Crippen LogP contribution < -0.4 is 0 Å². The summed E-state index contributed by atoms with van der Waals surface area (Å²) in [5.74, 6) is 0. The largest absolute Gasteiger partial charge is 0.395 e. The summed E-state index contributed by atoms with van der Waals surface area (Å²) in [6, 6.07) is -0.565. The van der Waals surface area contributed by atoms with E-state index in [1.165, 1.54) is 15.7 Å². The maximum absolute atomic E-state index is 13.3. The third-order valence-electron chi connectivity index (χ3n) is 6.60. The predicted molar refractivity (Wildman–Crippen MR) is 139 cm³/mol. The lowest BCUT2D eigenvalue weighted by Gasteiger charge is -2.41. The van der Waals surface area contributed by atoms with Crippen molar-refractivity contribution in [1.82, 2.24) is 8.61 Å². The number of rotatable bonds is 12. The molecule has 9 heteroatoms. The van der Waals surface area contributed by atoms with Crippen molar-refractivity contribution in [3.8, 4) is 0 Å². The van der Waals surface area contributed by atoms with Crippen LogP contribution in [0.25, 0.3) is 0 Å². The zero-order valence-corrected chi connectivity index (χ0v) is 25.1. The van der Waals surface area contributed by atoms with Gasteiger partial charge >= 0.3 is 0 Å². The summed E-state index contributed by atoms with van der Waals surface area (Å²) in [6.07, 6.45) is 2.23. The molecule has 0 aromatic carbocycles. The van der Waals surface area contributed by atoms with E-state index in [0.717, 1.165) is 6.42 Å². The molecule has 0 aromatic heterocycles. The summed E-state index contributed by atoms with van der Waals surface area (Å²) in [6.45, 7) is 20.6. The van der Waals surface area contributed by atoms with Crippen LogP contribution in [0.2, 0.25) is 0 Å². The van der Waals surface area contributed by atoms with Crippen LogP contribution in [0.4, 0.5) is 0 Å². The van der Waals surface area contributed by atoms with E-state index < -0.39 is 41.6 Å². The van der Waals surface area contributed by atoms with E-state index in [0.29, 0.717) is 19.3 Å². The van der Waals surface area contributed by atoms with Gasteiger partial charge < -0.3 is 5.11 Å². The van der Waals surface area contributed by atoms with E-state index in [2.05, 4.69) is 20.8 Å². The van der Waals surface area contributed by atoms with Gasteiger partial charge in [0.1, 0.15) is 0 Å². The van der Waals surface area contributed by atoms with Crippen molar-refractivity contribution in [2.24, 2.45) is 10.8 Å². The van der Waals surface area contributed by atoms with Gasteiger partial charge in [-0.2, -0.15) is 8.61 Å². The van der Waals surface area contributed by atoms with Crippen LogP contribution in [0.1, 0.15) is 102 Å². The topological polar surface area (TPSA) is 95.0 Å². The Kier molecular flexibility index (Phi) is 10.7. The highest BCUT2D eigenvalue weighted by Crippen LogP contribution is 2.36. The minimum absolute atomic E-state index is 0.00274. The first-order chi connectivity index (χ1) is 14.3. The lowest BCUT2D eigenvalue weighted by Crippen LogP contribution is -2.50. The summed E-state index contributed by atoms with van der Waals surface area (Å²) in [5.41, 5.74) is -0.859. The maximum atomic E-state index is 13.3. The van der Waals surface area contributed by atoms with Crippen molar-refractivity contribution in [2.75, 3.05) is 20.7 Å². The summed E-state index contributed by atoms with van der Waals surface area (Å²) in [5, 5.41) is 9.38. The summed E-state index contributed by atoms with van der Waals surface area (Å²) >= 11 is 0. The molecule has 1 N–H and O–H groups in total. The fraction of sp³-hybridized carbons (Fsp3) is 1.00. The molecule has 0 heterocycles. The van der Waals surface area contributed by atoms with Crippen molar-refractivity contribution in [3.63, 3.8) is 0 Å². The molecular weight excluding hydrogens is 460 g/mol. The van der Waals surface area contributed by atoms with Crippen LogP contribution >= 0.6 is 0 Å². The quantitative estimate of drug-likeness (QED) is 0.416. The SMILES string of the molecule is CC(CCC(C)(C)C[C@@H](CO)N(C)S(=O)(=O)C(C)(C)C)S(=O)(=O)N(C)C(C)(C)CC(C)(C)C. The second-order valence-electron chi connectivity index (χ2n) is 13.2. The highest BCUT2D eigenvalue weighted by Gasteiger charge is 2.41. The van der Waals surface area contributed by atoms with Gasteiger partial charge in [-0.1, -0.05) is 34.6 Å². The zero-order chi connectivity index (χ0) is 26.8. The Morgan fingerprint density at radius 2 is 1.30 bits per heavy atom. The Bertz CT molecular complexity index is 835. The van der Waals surface area contributed by atoms with Gasteiger partial charge in [0, 0.05) is 25.7 Å². The Hall–Kier alpha value is -0.220. The number of hydrogen-bond donors (Lipinski definition) is 1. The number of aliphatic hydroxyl groups is 1. The molecule has 0 radical (unpaired) electrons. The van der Waals surface area contributed by atoms with Crippen molar-refractivity contribution in [3.05, 3.63) is 0 Å². The van der Waals surface area contributed by atoms with E-state index in [4.69, 9.17) is 0 Å². The molecule has 0 bridgehead atoms. The lowest BCUT2D eigenvalue weighted by atomic mass is 9.81. The van der Waals surface area contributed by atoms with Crippen molar-refractivity contribution >= 4 is 20.0 Å². The third-order valence-corrected chi connectivity index (χ3v) is 11.7. The van der Waals surface area contributed by atoms with Crippen molar-refractivity contribution < 1.29 is 21.9 Å². The first kappa shape index (κ1) is 32.8. The molecule has 0 spiro atoms. The number of nitrogens with zero attached hydrogens (tertiary/aromatic N) is 2. The van der Waals surface area contributed by atoms with E-state index >= 15 is 0 Å². The minimum atomic E-state index is -3.59. The van der Waals surface area contributed by atoms with Crippen LogP contribution in [0.5, 0.6) is 0 Å². The number of likely N-dealkylation sites (N-methyl/N-ethyl adjacent to an activating group) is 1. The van der Waals surface area contributed by atoms with Crippen molar-refractivity contribution in [1.29, 1.82) is 0 Å². The molecule has 1 unspecified atom stereocenters. The van der Waals surface area contributed by atoms with E-state index in [1.54, 1.807) is 34.7 Å². The molecule has 0 saturated carbocycles. The summed E-state index contributed by atoms with van der Waals surface area (Å²) in [4.78, 5) is 0. The molecule has 33 heavy (non-hydrogen) atoms. The molecule has 7 nitrogen and oxygen atoms in total. The standard InChI is InChI=1S/C24H52N2O5S2/c1-19(32(28,29)26(13)24(10,11)18-21(2,3)4)14-15-23(8,9)16-20(17-27)25(12)33(30,31)22(5,6)7/h19-20,27H,14-18H2,1-13H3/t19?,20-/m0/s1. The van der Waals surface area contributed by atoms with E-state index in [-0.39, 0.29) is 17.4 Å². The van der Waals surface area contributed by atoms with Crippen LogP contribution in [-0.2, 0) is 20.0 Å². The molecule has 0 aliphatic heterocycles. The van der Waals surface area contributed by atoms with Gasteiger partial charge in [-0.25, -0.2) is 16.8 Å². The minimum Gasteiger partial charge on any atom is -0.395 e. The van der Waals surface area contributed by atoms with Crippen LogP contribution in [-0.4, -0.2) is 72.8 Å². The molecule has 0 rings (SSSR count). The van der Waals surface area contributed by atoms with Crippen LogP contribution in [0.3, 0.4) is 0 Å². The molecule has 0 amide bonds. The third kappa shape index (κ3) is 9.06. The normalized spacial score (nSPS) is 17.0. The van der Waals surface area contributed by atoms with Crippen molar-refractivity contribution in [2.45, 2.75) is 123 Å². The van der Waals surface area contributed by atoms with E-state index in [9.17, 15) is 21.9 Å². The summed E-state index contributed by atoms with van der Waals surface area (Å²) in [7, 11) is -3.92. The highest BCUT2D eigenvalue weighted by atomic mass is 32.2. The van der Waals surface area contributed by atoms with Gasteiger partial charge in [-0.3, -0.25) is 0 Å². The van der Waals surface area contributed by atoms with Gasteiger partial charge in [0.2, 0.25) is 20.0 Å². The summed E-state index contributed by atoms with van der Waals surface area (Å²) < 4.78 is 54.1. The monoisotopic (exact) mass is 512 g/mol. The molecule has 0 aliphatic carbocycles. The van der Waals surface area contributed by atoms with Crippen LogP contribution in [0.15, 0.2) is 0 Å². The zero-order valence-electron chi connectivity index (χ0n) is 23.5. The second kappa shape index (κ2) is 10.8. The van der Waals surface area contributed by atoms with Gasteiger partial charge in [0.05, 0.1) is 16.6 Å². The van der Waals surface area contributed by atoms with Gasteiger partial charge in [-0.05, 0) is 78.1 Å². The van der Waals surface area contributed by atoms with Gasteiger partial charge in [-0.15, -0.1) is 0 Å². The molecule has 0 aliphatic rings. The molecule has 0 saturated heterocycles. The average Bonchev–Trinajstić information content (AvgIpc) is 2.59. The highest BCUT2D eigenvalue weighted by molar-refractivity contribution is 7.90. The molecule has 0 aromatic rings. The smallest absolute Gasteiger partial charge is 0.219 e. The lowest BCUT2D eigenvalue weighted by molar-refractivity contribution is 0.144. The number of aliphatic hydroxyl groups excluding tert-OH is 1. The van der Waals surface area contributed by atoms with Crippen LogP contribution in [0, 0.1) is 10.8 Å². The van der Waals surface area contributed by atoms with Gasteiger partial charge in [0.25, 0.3) is 0 Å². The number of sulfonamides is 2. The molecule has 2 atom stereocenters. The fourth-order valence-electron chi connectivity index (χ4n) is 4.44. The number of hydrogen-bond acceptors (Lipinski definition) is 5. The average molecular weight is 513 g/mol. The van der Waals surface area contributed by atoms with E-state index in [1.807, 2.05) is 27.7 Å². The Morgan fingerprint density at radius 3 is 1.67 bits per heavy atom. The second-order valence-corrected chi connectivity index (χ2v) is 18.4. The maximum Gasteiger partial charge on any atom is 0.219 e. The Labute approximate surface area is 205 Å². The van der Waals surface area contributed by atoms with Gasteiger partial charge in [0.15, 0.2) is 0 Å². The molecular formula is C24H52N2O5S2. The molecule has 200 valence electrons. The first-order valence-corrected chi connectivity index (χ1v) is 14.8. The first-order valence-electron chi connectivity index (χ1n) is 11.9. The molecule has 0 fully saturated rings. The Balaban J connectivity index is 5.42. The fourth-order valence-corrected chi connectivity index (χ4v) is 7.55. The Morgan fingerprint density at radius 1 is 0.848 bits per heavy atom.